The van der Waals surface area contributed by atoms with Crippen LogP contribution in [0.4, 0.5) is 5.69 Å². The smallest absolute Gasteiger partial charge is 0.172 e. The third-order valence-corrected chi connectivity index (χ3v) is 3.74. The number of ether oxygens (including phenoxy) is 2. The molecule has 1 heterocycles. The number of benzene rings is 1. The molecular formula is C13H18ClN3O3. The van der Waals surface area contributed by atoms with Crippen LogP contribution in [0, 0.1) is 0 Å². The Kier molecular flexibility index (Phi) is 4.69. The number of methoxy groups -OCH3 is 2. The van der Waals surface area contributed by atoms with Gasteiger partial charge in [0, 0.05) is 43.6 Å². The highest BCUT2D eigenvalue weighted by Gasteiger charge is 2.34. The van der Waals surface area contributed by atoms with Crippen LogP contribution in [-0.2, 0) is 9.47 Å². The van der Waals surface area contributed by atoms with Crippen molar-refractivity contribution in [1.29, 1.82) is 0 Å². The van der Waals surface area contributed by atoms with E-state index < -0.39 is 0 Å². The van der Waals surface area contributed by atoms with Gasteiger partial charge in [0.25, 0.3) is 0 Å². The molecule has 1 aromatic rings. The fraction of sp³-hybridized carbons (Fsp3) is 0.462. The van der Waals surface area contributed by atoms with Gasteiger partial charge in [-0.25, -0.2) is 0 Å². The van der Waals surface area contributed by atoms with Crippen molar-refractivity contribution in [3.63, 3.8) is 0 Å². The van der Waals surface area contributed by atoms with E-state index in [0.29, 0.717) is 23.7 Å². The third kappa shape index (κ3) is 2.82. The number of anilines is 1. The number of nitrogens with zero attached hydrogens (tertiary/aromatic N) is 2. The van der Waals surface area contributed by atoms with Crippen molar-refractivity contribution in [3.05, 3.63) is 28.8 Å². The highest BCUT2D eigenvalue weighted by Crippen LogP contribution is 2.29. The third-order valence-electron chi connectivity index (χ3n) is 3.50. The monoisotopic (exact) mass is 299 g/mol. The number of rotatable bonds is 4. The molecule has 0 saturated carbocycles. The Labute approximate surface area is 122 Å². The van der Waals surface area contributed by atoms with Crippen LogP contribution >= 0.6 is 11.6 Å². The van der Waals surface area contributed by atoms with E-state index in [0.717, 1.165) is 5.69 Å². The van der Waals surface area contributed by atoms with Crippen LogP contribution in [0.15, 0.2) is 23.4 Å². The van der Waals surface area contributed by atoms with Gasteiger partial charge in [-0.05, 0) is 18.2 Å². The van der Waals surface area contributed by atoms with Crippen LogP contribution in [0.5, 0.6) is 0 Å². The normalized spacial score (nSPS) is 23.4. The average molecular weight is 300 g/mol. The molecule has 1 saturated heterocycles. The molecule has 0 amide bonds. The Hall–Kier alpha value is -1.50. The lowest BCUT2D eigenvalue weighted by molar-refractivity contribution is -0.00461. The van der Waals surface area contributed by atoms with Gasteiger partial charge in [-0.3, -0.25) is 0 Å². The minimum Gasteiger partial charge on any atom is -0.409 e. The topological polar surface area (TPSA) is 80.3 Å². The lowest BCUT2D eigenvalue weighted by Crippen LogP contribution is -2.27. The standard InChI is InChI=1S/C13H18ClN3O3/c1-19-11-6-17(7-12(11)20-2)10-4-3-8(14)5-9(10)13(15)16-18/h3-5,11-12,18H,6-7H2,1-2H3,(H2,15,16). The summed E-state index contributed by atoms with van der Waals surface area (Å²) in [5.41, 5.74) is 7.15. The fourth-order valence-electron chi connectivity index (χ4n) is 2.44. The van der Waals surface area contributed by atoms with Crippen molar-refractivity contribution in [2.24, 2.45) is 10.9 Å². The molecule has 0 bridgehead atoms. The molecule has 1 fully saturated rings. The number of halogens is 1. The minimum absolute atomic E-state index is 0.0178. The summed E-state index contributed by atoms with van der Waals surface area (Å²) in [6.45, 7) is 1.34. The molecule has 0 spiro atoms. The average Bonchev–Trinajstić information content (AvgIpc) is 2.89. The Bertz CT molecular complexity index is 498. The van der Waals surface area contributed by atoms with Crippen molar-refractivity contribution in [2.75, 3.05) is 32.2 Å². The summed E-state index contributed by atoms with van der Waals surface area (Å²) in [7, 11) is 3.32. The quantitative estimate of drug-likeness (QED) is 0.379. The van der Waals surface area contributed by atoms with Gasteiger partial charge >= 0.3 is 0 Å². The SMILES string of the molecule is COC1CN(c2ccc(Cl)cc2/C(N)=N/O)CC1OC. The van der Waals surface area contributed by atoms with Gasteiger partial charge < -0.3 is 25.3 Å². The van der Waals surface area contributed by atoms with E-state index in [9.17, 15) is 0 Å². The van der Waals surface area contributed by atoms with Crippen molar-refractivity contribution in [3.8, 4) is 0 Å². The number of oxime groups is 1. The lowest BCUT2D eigenvalue weighted by atomic mass is 10.1. The van der Waals surface area contributed by atoms with E-state index in [2.05, 4.69) is 10.1 Å². The molecule has 1 aliphatic heterocycles. The van der Waals surface area contributed by atoms with Crippen LogP contribution < -0.4 is 10.6 Å². The second-order valence-electron chi connectivity index (χ2n) is 4.60. The van der Waals surface area contributed by atoms with E-state index in [4.69, 9.17) is 32.0 Å². The summed E-state index contributed by atoms with van der Waals surface area (Å²) in [5, 5.41) is 12.5. The van der Waals surface area contributed by atoms with Gasteiger partial charge in [-0.2, -0.15) is 0 Å². The lowest BCUT2D eigenvalue weighted by Gasteiger charge is -2.21. The number of amidine groups is 1. The number of hydrogen-bond donors (Lipinski definition) is 2. The summed E-state index contributed by atoms with van der Waals surface area (Å²) in [4.78, 5) is 2.08. The van der Waals surface area contributed by atoms with Gasteiger partial charge in [0.1, 0.15) is 12.2 Å². The number of nitrogens with two attached hydrogens (primary N) is 1. The molecule has 7 heteroatoms. The molecule has 110 valence electrons. The molecule has 2 atom stereocenters. The van der Waals surface area contributed by atoms with Crippen LogP contribution in [0.3, 0.4) is 0 Å². The van der Waals surface area contributed by atoms with Crippen molar-refractivity contribution in [1.82, 2.24) is 0 Å². The molecule has 0 aliphatic carbocycles. The van der Waals surface area contributed by atoms with Gasteiger partial charge in [0.2, 0.25) is 0 Å². The summed E-state index contributed by atoms with van der Waals surface area (Å²) >= 11 is 5.98. The maximum Gasteiger partial charge on any atom is 0.172 e. The van der Waals surface area contributed by atoms with Gasteiger partial charge in [0.05, 0.1) is 0 Å². The molecule has 0 radical (unpaired) electrons. The van der Waals surface area contributed by atoms with Crippen molar-refractivity contribution >= 4 is 23.1 Å². The summed E-state index contributed by atoms with van der Waals surface area (Å²) in [5.74, 6) is 0.0253. The zero-order valence-electron chi connectivity index (χ0n) is 11.4. The molecule has 0 aromatic heterocycles. The predicted octanol–water partition coefficient (Wildman–Crippen LogP) is 1.28. The predicted molar refractivity (Wildman–Crippen MR) is 77.8 cm³/mol. The Morgan fingerprint density at radius 2 is 1.95 bits per heavy atom. The van der Waals surface area contributed by atoms with E-state index in [1.807, 2.05) is 6.07 Å². The van der Waals surface area contributed by atoms with E-state index in [1.54, 1.807) is 26.4 Å². The van der Waals surface area contributed by atoms with Crippen LogP contribution in [0.1, 0.15) is 5.56 Å². The van der Waals surface area contributed by atoms with Gasteiger partial charge in [-0.1, -0.05) is 16.8 Å². The first kappa shape index (κ1) is 14.9. The molecular weight excluding hydrogens is 282 g/mol. The molecule has 6 nitrogen and oxygen atoms in total. The van der Waals surface area contributed by atoms with Gasteiger partial charge in [-0.15, -0.1) is 0 Å². The maximum atomic E-state index is 8.89. The highest BCUT2D eigenvalue weighted by molar-refractivity contribution is 6.31. The van der Waals surface area contributed by atoms with E-state index in [-0.39, 0.29) is 18.0 Å². The van der Waals surface area contributed by atoms with Crippen LogP contribution in [0.25, 0.3) is 0 Å². The fourth-order valence-corrected chi connectivity index (χ4v) is 2.61. The van der Waals surface area contributed by atoms with E-state index in [1.165, 1.54) is 0 Å². The molecule has 20 heavy (non-hydrogen) atoms. The van der Waals surface area contributed by atoms with Crippen LogP contribution in [0.2, 0.25) is 5.02 Å². The second-order valence-corrected chi connectivity index (χ2v) is 5.04. The number of hydrogen-bond acceptors (Lipinski definition) is 5. The Balaban J connectivity index is 2.34. The van der Waals surface area contributed by atoms with E-state index >= 15 is 0 Å². The molecule has 2 unspecified atom stereocenters. The summed E-state index contributed by atoms with van der Waals surface area (Å²) < 4.78 is 10.8. The van der Waals surface area contributed by atoms with Gasteiger partial charge in [0.15, 0.2) is 5.84 Å². The second kappa shape index (κ2) is 6.30. The Morgan fingerprint density at radius 1 is 1.35 bits per heavy atom. The first-order chi connectivity index (χ1) is 9.60. The highest BCUT2D eigenvalue weighted by atomic mass is 35.5. The minimum atomic E-state index is -0.0178. The molecule has 3 N–H and O–H groups in total. The zero-order valence-corrected chi connectivity index (χ0v) is 12.2. The summed E-state index contributed by atoms with van der Waals surface area (Å²) in [6.07, 6.45) is -0.0355. The first-order valence-corrected chi connectivity index (χ1v) is 6.56. The van der Waals surface area contributed by atoms with Crippen LogP contribution in [-0.4, -0.2) is 50.6 Å². The Morgan fingerprint density at radius 3 is 2.45 bits per heavy atom. The summed E-state index contributed by atoms with van der Waals surface area (Å²) in [6, 6.07) is 5.29. The first-order valence-electron chi connectivity index (χ1n) is 6.18. The zero-order chi connectivity index (χ0) is 14.7. The molecule has 1 aliphatic rings. The molecule has 1 aromatic carbocycles. The molecule has 2 rings (SSSR count). The van der Waals surface area contributed by atoms with Crippen molar-refractivity contribution < 1.29 is 14.7 Å². The van der Waals surface area contributed by atoms with Crippen molar-refractivity contribution in [2.45, 2.75) is 12.2 Å². The largest absolute Gasteiger partial charge is 0.409 e. The maximum absolute atomic E-state index is 8.89.